The fourth-order valence-electron chi connectivity index (χ4n) is 3.81. The molecule has 0 bridgehead atoms. The van der Waals surface area contributed by atoms with Crippen molar-refractivity contribution >= 4 is 10.8 Å². The number of nitrogens with zero attached hydrogens (tertiary/aromatic N) is 1. The molecule has 4 rings (SSSR count). The standard InChI is InChI=1S/C26H19F6N/c1-2-15-4-10-23(33-14-15)19-8-9-20-18(13-19)7-6-17(25(20)29)5-3-16-11-21(27)24(22(28)12-16)26(30,31)32/h4,6-14H,2-3,5H2,1H3. The molecule has 7 heteroatoms. The molecule has 1 aromatic heterocycles. The summed E-state index contributed by atoms with van der Waals surface area (Å²) in [6.07, 6.45) is -2.38. The van der Waals surface area contributed by atoms with Gasteiger partial charge in [0.05, 0.1) is 5.69 Å². The van der Waals surface area contributed by atoms with Gasteiger partial charge in [0.25, 0.3) is 0 Å². The van der Waals surface area contributed by atoms with E-state index in [1.807, 2.05) is 25.1 Å². The summed E-state index contributed by atoms with van der Waals surface area (Å²) < 4.78 is 80.9. The van der Waals surface area contributed by atoms with Gasteiger partial charge in [0.15, 0.2) is 0 Å². The summed E-state index contributed by atoms with van der Waals surface area (Å²) in [4.78, 5) is 4.44. The molecule has 0 aliphatic rings. The minimum Gasteiger partial charge on any atom is -0.256 e. The average Bonchev–Trinajstić information content (AvgIpc) is 2.77. The number of aromatic nitrogens is 1. The molecule has 0 fully saturated rings. The highest BCUT2D eigenvalue weighted by atomic mass is 19.4. The quantitative estimate of drug-likeness (QED) is 0.279. The van der Waals surface area contributed by atoms with Crippen molar-refractivity contribution in [3.05, 3.63) is 100 Å². The Labute approximate surface area is 186 Å². The molecule has 170 valence electrons. The summed E-state index contributed by atoms with van der Waals surface area (Å²) in [5, 5.41) is 1.05. The van der Waals surface area contributed by atoms with Gasteiger partial charge >= 0.3 is 6.18 Å². The van der Waals surface area contributed by atoms with Gasteiger partial charge in [0.2, 0.25) is 0 Å². The van der Waals surface area contributed by atoms with Crippen LogP contribution in [0, 0.1) is 17.5 Å². The van der Waals surface area contributed by atoms with E-state index in [0.717, 1.165) is 23.2 Å². The normalized spacial score (nSPS) is 11.8. The van der Waals surface area contributed by atoms with Gasteiger partial charge in [-0.1, -0.05) is 37.3 Å². The molecule has 0 saturated heterocycles. The van der Waals surface area contributed by atoms with Crippen LogP contribution in [0.4, 0.5) is 26.3 Å². The van der Waals surface area contributed by atoms with Crippen LogP contribution in [0.5, 0.6) is 0 Å². The highest BCUT2D eigenvalue weighted by Gasteiger charge is 2.37. The summed E-state index contributed by atoms with van der Waals surface area (Å²) >= 11 is 0. The van der Waals surface area contributed by atoms with E-state index in [4.69, 9.17) is 0 Å². The second kappa shape index (κ2) is 8.89. The maximum absolute atomic E-state index is 15.1. The number of fused-ring (bicyclic) bond motifs is 1. The van der Waals surface area contributed by atoms with Gasteiger partial charge in [-0.15, -0.1) is 0 Å². The topological polar surface area (TPSA) is 12.9 Å². The predicted molar refractivity (Wildman–Crippen MR) is 115 cm³/mol. The number of pyridine rings is 1. The highest BCUT2D eigenvalue weighted by molar-refractivity contribution is 5.88. The summed E-state index contributed by atoms with van der Waals surface area (Å²) in [6.45, 7) is 2.04. The van der Waals surface area contributed by atoms with Crippen LogP contribution in [0.2, 0.25) is 0 Å². The summed E-state index contributed by atoms with van der Waals surface area (Å²) in [5.74, 6) is -3.82. The first-order valence-electron chi connectivity index (χ1n) is 10.4. The number of hydrogen-bond donors (Lipinski definition) is 0. The van der Waals surface area contributed by atoms with Gasteiger partial charge in [0.1, 0.15) is 23.0 Å². The molecule has 0 aliphatic heterocycles. The number of aryl methyl sites for hydroxylation is 3. The molecule has 1 heterocycles. The van der Waals surface area contributed by atoms with E-state index in [2.05, 4.69) is 4.98 Å². The Kier molecular flexibility index (Phi) is 6.15. The molecule has 1 nitrogen and oxygen atoms in total. The first-order valence-corrected chi connectivity index (χ1v) is 10.4. The van der Waals surface area contributed by atoms with Crippen LogP contribution in [0.25, 0.3) is 22.0 Å². The summed E-state index contributed by atoms with van der Waals surface area (Å²) in [6, 6.07) is 13.8. The van der Waals surface area contributed by atoms with E-state index in [-0.39, 0.29) is 18.4 Å². The molecule has 33 heavy (non-hydrogen) atoms. The fraction of sp³-hybridized carbons (Fsp3) is 0.192. The Morgan fingerprint density at radius 3 is 2.12 bits per heavy atom. The van der Waals surface area contributed by atoms with Gasteiger partial charge in [-0.05, 0) is 65.6 Å². The van der Waals surface area contributed by atoms with Gasteiger partial charge in [-0.3, -0.25) is 4.98 Å². The molecule has 3 aromatic carbocycles. The second-order valence-electron chi connectivity index (χ2n) is 7.81. The molecular formula is C26H19F6N. The molecular weight excluding hydrogens is 440 g/mol. The van der Waals surface area contributed by atoms with Crippen molar-refractivity contribution in [3.63, 3.8) is 0 Å². The highest BCUT2D eigenvalue weighted by Crippen LogP contribution is 2.34. The molecule has 0 N–H and O–H groups in total. The lowest BCUT2D eigenvalue weighted by Gasteiger charge is -2.12. The Balaban J connectivity index is 1.57. The van der Waals surface area contributed by atoms with Crippen LogP contribution in [0.1, 0.15) is 29.2 Å². The fourth-order valence-corrected chi connectivity index (χ4v) is 3.81. The molecule has 4 aromatic rings. The van der Waals surface area contributed by atoms with E-state index in [9.17, 15) is 22.0 Å². The molecule has 0 atom stereocenters. The number of hydrogen-bond acceptors (Lipinski definition) is 1. The molecule has 0 unspecified atom stereocenters. The lowest BCUT2D eigenvalue weighted by atomic mass is 9.97. The SMILES string of the molecule is CCc1ccc(-c2ccc3c(F)c(CCc4cc(F)c(C(F)(F)F)c(F)c4)ccc3c2)nc1. The largest absolute Gasteiger partial charge is 0.422 e. The van der Waals surface area contributed by atoms with Crippen molar-refractivity contribution in [2.24, 2.45) is 0 Å². The smallest absolute Gasteiger partial charge is 0.256 e. The number of alkyl halides is 3. The minimum absolute atomic E-state index is 0.0137. The summed E-state index contributed by atoms with van der Waals surface area (Å²) in [7, 11) is 0. The van der Waals surface area contributed by atoms with Gasteiger partial charge in [0, 0.05) is 17.1 Å². The zero-order chi connectivity index (χ0) is 23.8. The number of benzene rings is 3. The molecule has 0 aliphatic carbocycles. The van der Waals surface area contributed by atoms with Crippen LogP contribution < -0.4 is 0 Å². The van der Waals surface area contributed by atoms with Crippen LogP contribution in [-0.4, -0.2) is 4.98 Å². The Morgan fingerprint density at radius 1 is 0.788 bits per heavy atom. The van der Waals surface area contributed by atoms with Crippen LogP contribution in [-0.2, 0) is 25.4 Å². The lowest BCUT2D eigenvalue weighted by molar-refractivity contribution is -0.142. The Bertz CT molecular complexity index is 1290. The van der Waals surface area contributed by atoms with E-state index in [1.165, 1.54) is 0 Å². The molecule has 0 radical (unpaired) electrons. The van der Waals surface area contributed by atoms with Crippen LogP contribution in [0.3, 0.4) is 0 Å². The van der Waals surface area contributed by atoms with Crippen molar-refractivity contribution in [2.75, 3.05) is 0 Å². The van der Waals surface area contributed by atoms with Crippen molar-refractivity contribution in [1.29, 1.82) is 0 Å². The predicted octanol–water partition coefficient (Wildman–Crippen LogP) is 7.69. The zero-order valence-corrected chi connectivity index (χ0v) is 17.6. The third kappa shape index (κ3) is 4.72. The van der Waals surface area contributed by atoms with Crippen LogP contribution >= 0.6 is 0 Å². The maximum Gasteiger partial charge on any atom is 0.422 e. The monoisotopic (exact) mass is 459 g/mol. The third-order valence-electron chi connectivity index (χ3n) is 5.63. The second-order valence-corrected chi connectivity index (χ2v) is 7.81. The summed E-state index contributed by atoms with van der Waals surface area (Å²) in [5.41, 5.74) is 1.13. The third-order valence-corrected chi connectivity index (χ3v) is 5.63. The van der Waals surface area contributed by atoms with Crippen LogP contribution in [0.15, 0.2) is 60.8 Å². The molecule has 0 amide bonds. The molecule has 0 saturated carbocycles. The van der Waals surface area contributed by atoms with Crippen molar-refractivity contribution in [1.82, 2.24) is 4.98 Å². The van der Waals surface area contributed by atoms with Gasteiger partial charge in [-0.2, -0.15) is 13.2 Å². The van der Waals surface area contributed by atoms with Crippen molar-refractivity contribution in [2.45, 2.75) is 32.4 Å². The van der Waals surface area contributed by atoms with E-state index >= 15 is 4.39 Å². The number of rotatable bonds is 5. The van der Waals surface area contributed by atoms with Gasteiger partial charge < -0.3 is 0 Å². The van der Waals surface area contributed by atoms with E-state index < -0.39 is 29.2 Å². The van der Waals surface area contributed by atoms with Crippen molar-refractivity contribution in [3.8, 4) is 11.3 Å². The van der Waals surface area contributed by atoms with Gasteiger partial charge in [-0.25, -0.2) is 13.2 Å². The van der Waals surface area contributed by atoms with Crippen molar-refractivity contribution < 1.29 is 26.3 Å². The molecule has 0 spiro atoms. The average molecular weight is 459 g/mol. The minimum atomic E-state index is -5.12. The Hall–Kier alpha value is -3.35. The first-order chi connectivity index (χ1) is 15.7. The van der Waals surface area contributed by atoms with E-state index in [0.29, 0.717) is 28.5 Å². The Morgan fingerprint density at radius 2 is 1.52 bits per heavy atom. The first kappa shape index (κ1) is 22.8. The lowest BCUT2D eigenvalue weighted by Crippen LogP contribution is -2.12. The maximum atomic E-state index is 15.1. The number of halogens is 6. The van der Waals surface area contributed by atoms with E-state index in [1.54, 1.807) is 30.5 Å². The zero-order valence-electron chi connectivity index (χ0n) is 17.6.